The number of benzene rings is 2. The Kier molecular flexibility index (Phi) is 4.63. The lowest BCUT2D eigenvalue weighted by molar-refractivity contribution is 0.600. The van der Waals surface area contributed by atoms with Crippen LogP contribution in [0.3, 0.4) is 0 Å². The molecule has 0 spiro atoms. The first kappa shape index (κ1) is 17.2. The van der Waals surface area contributed by atoms with Gasteiger partial charge >= 0.3 is 0 Å². The van der Waals surface area contributed by atoms with Gasteiger partial charge in [-0.2, -0.15) is 5.10 Å². The first-order valence-electron chi connectivity index (χ1n) is 8.03. The second-order valence-electron chi connectivity index (χ2n) is 6.19. The van der Waals surface area contributed by atoms with E-state index in [-0.39, 0.29) is 4.90 Å². The summed E-state index contributed by atoms with van der Waals surface area (Å²) in [6.07, 6.45) is 1.58. The molecule has 130 valence electrons. The fourth-order valence-corrected chi connectivity index (χ4v) is 3.97. The molecule has 0 bridgehead atoms. The minimum atomic E-state index is -3.69. The van der Waals surface area contributed by atoms with E-state index in [1.807, 2.05) is 62.4 Å². The number of hydrogen-bond donors (Lipinski definition) is 1. The third-order valence-corrected chi connectivity index (χ3v) is 5.48. The zero-order valence-electron chi connectivity index (χ0n) is 14.5. The molecule has 5 nitrogen and oxygen atoms in total. The van der Waals surface area contributed by atoms with Gasteiger partial charge in [0.25, 0.3) is 10.0 Å². The molecule has 0 aliphatic heterocycles. The predicted molar refractivity (Wildman–Crippen MR) is 99.2 cm³/mol. The van der Waals surface area contributed by atoms with E-state index in [1.165, 1.54) is 0 Å². The average Bonchev–Trinajstić information content (AvgIpc) is 2.93. The van der Waals surface area contributed by atoms with E-state index in [4.69, 9.17) is 0 Å². The first-order chi connectivity index (χ1) is 11.8. The van der Waals surface area contributed by atoms with E-state index >= 15 is 0 Å². The van der Waals surface area contributed by atoms with Crippen LogP contribution in [0.2, 0.25) is 0 Å². The third-order valence-electron chi connectivity index (χ3n) is 4.02. The summed E-state index contributed by atoms with van der Waals surface area (Å²) in [7, 11) is -3.69. The average molecular weight is 355 g/mol. The smallest absolute Gasteiger partial charge is 0.265 e. The lowest BCUT2D eigenvalue weighted by Crippen LogP contribution is -2.14. The van der Waals surface area contributed by atoms with Gasteiger partial charge in [0.15, 0.2) is 0 Å². The Labute approximate surface area is 148 Å². The minimum Gasteiger partial charge on any atom is -0.279 e. The Morgan fingerprint density at radius 2 is 1.76 bits per heavy atom. The topological polar surface area (TPSA) is 64.0 Å². The molecule has 0 saturated heterocycles. The third kappa shape index (κ3) is 3.91. The molecule has 1 aromatic heterocycles. The maximum Gasteiger partial charge on any atom is 0.265 e. The molecular formula is C19H21N3O2S. The molecule has 3 aromatic rings. The van der Waals surface area contributed by atoms with Crippen LogP contribution >= 0.6 is 0 Å². The van der Waals surface area contributed by atoms with E-state index in [0.29, 0.717) is 17.9 Å². The lowest BCUT2D eigenvalue weighted by atomic mass is 10.1. The van der Waals surface area contributed by atoms with E-state index in [1.54, 1.807) is 17.8 Å². The molecule has 3 rings (SSSR count). The van der Waals surface area contributed by atoms with Gasteiger partial charge in [-0.3, -0.25) is 9.40 Å². The molecule has 1 heterocycles. The summed E-state index contributed by atoms with van der Waals surface area (Å²) in [5.41, 5.74) is 4.02. The van der Waals surface area contributed by atoms with Crippen LogP contribution in [0.5, 0.6) is 0 Å². The van der Waals surface area contributed by atoms with Gasteiger partial charge < -0.3 is 0 Å². The van der Waals surface area contributed by atoms with Crippen molar-refractivity contribution in [3.63, 3.8) is 0 Å². The maximum absolute atomic E-state index is 12.8. The molecule has 0 saturated carbocycles. The number of nitrogens with zero attached hydrogens (tertiary/aromatic N) is 2. The van der Waals surface area contributed by atoms with Crippen molar-refractivity contribution in [2.24, 2.45) is 0 Å². The Hall–Kier alpha value is -2.60. The standard InChI is InChI=1S/C19H21N3O2S/c1-14-9-10-15(2)18(11-14)21-25(23,24)19-13-22(20-16(19)3)12-17-7-5-4-6-8-17/h4-11,13,21H,12H2,1-3H3. The number of anilines is 1. The Bertz CT molecular complexity index is 993. The van der Waals surface area contributed by atoms with E-state index in [9.17, 15) is 8.42 Å². The summed E-state index contributed by atoms with van der Waals surface area (Å²) in [6, 6.07) is 15.5. The van der Waals surface area contributed by atoms with Crippen molar-refractivity contribution in [1.82, 2.24) is 9.78 Å². The molecule has 0 aliphatic carbocycles. The van der Waals surface area contributed by atoms with Gasteiger partial charge in [-0.05, 0) is 43.5 Å². The molecule has 6 heteroatoms. The number of sulfonamides is 1. The summed E-state index contributed by atoms with van der Waals surface area (Å²) in [6.45, 7) is 6.04. The zero-order valence-corrected chi connectivity index (χ0v) is 15.3. The summed E-state index contributed by atoms with van der Waals surface area (Å²) in [5.74, 6) is 0. The summed E-state index contributed by atoms with van der Waals surface area (Å²) in [5, 5.41) is 4.35. The van der Waals surface area contributed by atoms with Crippen LogP contribution in [-0.4, -0.2) is 18.2 Å². The molecule has 0 radical (unpaired) electrons. The molecule has 1 N–H and O–H groups in total. The highest BCUT2D eigenvalue weighted by Gasteiger charge is 2.21. The number of aromatic nitrogens is 2. The fraction of sp³-hybridized carbons (Fsp3) is 0.211. The highest BCUT2D eigenvalue weighted by Crippen LogP contribution is 2.22. The van der Waals surface area contributed by atoms with Gasteiger partial charge in [-0.1, -0.05) is 42.5 Å². The van der Waals surface area contributed by atoms with Crippen LogP contribution in [-0.2, 0) is 16.6 Å². The van der Waals surface area contributed by atoms with Crippen molar-refractivity contribution in [1.29, 1.82) is 0 Å². The normalized spacial score (nSPS) is 11.5. The van der Waals surface area contributed by atoms with E-state index in [0.717, 1.165) is 16.7 Å². The lowest BCUT2D eigenvalue weighted by Gasteiger charge is -2.10. The minimum absolute atomic E-state index is 0.198. The number of hydrogen-bond acceptors (Lipinski definition) is 3. The van der Waals surface area contributed by atoms with Crippen LogP contribution < -0.4 is 4.72 Å². The van der Waals surface area contributed by atoms with Gasteiger partial charge in [0, 0.05) is 6.20 Å². The van der Waals surface area contributed by atoms with Crippen LogP contribution in [0.15, 0.2) is 59.6 Å². The van der Waals surface area contributed by atoms with Crippen molar-refractivity contribution in [3.8, 4) is 0 Å². The molecule has 25 heavy (non-hydrogen) atoms. The largest absolute Gasteiger partial charge is 0.279 e. The molecule has 0 fully saturated rings. The SMILES string of the molecule is Cc1ccc(C)c(NS(=O)(=O)c2cn(Cc3ccccc3)nc2C)c1. The zero-order chi connectivity index (χ0) is 18.0. The second-order valence-corrected chi connectivity index (χ2v) is 7.84. The van der Waals surface area contributed by atoms with Gasteiger partial charge in [0.1, 0.15) is 4.90 Å². The molecule has 0 atom stereocenters. The van der Waals surface area contributed by atoms with Gasteiger partial charge in [-0.15, -0.1) is 0 Å². The van der Waals surface area contributed by atoms with Gasteiger partial charge in [0.2, 0.25) is 0 Å². The van der Waals surface area contributed by atoms with Crippen molar-refractivity contribution in [3.05, 3.63) is 77.1 Å². The number of nitrogens with one attached hydrogen (secondary N) is 1. The Balaban J connectivity index is 1.89. The van der Waals surface area contributed by atoms with Gasteiger partial charge in [0.05, 0.1) is 17.9 Å². The quantitative estimate of drug-likeness (QED) is 0.760. The molecule has 2 aromatic carbocycles. The maximum atomic E-state index is 12.8. The van der Waals surface area contributed by atoms with Crippen LogP contribution in [0.1, 0.15) is 22.4 Å². The molecule has 0 unspecified atom stereocenters. The fourth-order valence-electron chi connectivity index (χ4n) is 2.66. The Morgan fingerprint density at radius 3 is 2.48 bits per heavy atom. The second kappa shape index (κ2) is 6.72. The van der Waals surface area contributed by atoms with Crippen molar-refractivity contribution < 1.29 is 8.42 Å². The van der Waals surface area contributed by atoms with Crippen LogP contribution in [0.25, 0.3) is 0 Å². The van der Waals surface area contributed by atoms with Crippen molar-refractivity contribution in [2.45, 2.75) is 32.2 Å². The van der Waals surface area contributed by atoms with E-state index < -0.39 is 10.0 Å². The summed E-state index contributed by atoms with van der Waals surface area (Å²) in [4.78, 5) is 0.198. The summed E-state index contributed by atoms with van der Waals surface area (Å²) >= 11 is 0. The summed E-state index contributed by atoms with van der Waals surface area (Å²) < 4.78 is 29.9. The number of aryl methyl sites for hydroxylation is 3. The molecule has 0 aliphatic rings. The van der Waals surface area contributed by atoms with Crippen LogP contribution in [0.4, 0.5) is 5.69 Å². The monoisotopic (exact) mass is 355 g/mol. The van der Waals surface area contributed by atoms with Crippen molar-refractivity contribution in [2.75, 3.05) is 4.72 Å². The van der Waals surface area contributed by atoms with Crippen LogP contribution in [0, 0.1) is 20.8 Å². The highest BCUT2D eigenvalue weighted by atomic mass is 32.2. The highest BCUT2D eigenvalue weighted by molar-refractivity contribution is 7.92. The first-order valence-corrected chi connectivity index (χ1v) is 9.51. The van der Waals surface area contributed by atoms with Gasteiger partial charge in [-0.25, -0.2) is 8.42 Å². The molecular weight excluding hydrogens is 334 g/mol. The van der Waals surface area contributed by atoms with E-state index in [2.05, 4.69) is 9.82 Å². The predicted octanol–water partition coefficient (Wildman–Crippen LogP) is 3.66. The van der Waals surface area contributed by atoms with Crippen molar-refractivity contribution >= 4 is 15.7 Å². The molecule has 0 amide bonds. The Morgan fingerprint density at radius 1 is 1.04 bits per heavy atom. The number of rotatable bonds is 5.